The summed E-state index contributed by atoms with van der Waals surface area (Å²) in [7, 11) is 0. The standard InChI is InChI=1S/C11H20O2/c1-6-11-7(2)9(8(3)12-11)13-10(11,4)5/h7-9H,6H2,1-5H3/t7-,8-,9+,11+/m0/s1. The van der Waals surface area contributed by atoms with E-state index < -0.39 is 0 Å². The predicted octanol–water partition coefficient (Wildman–Crippen LogP) is 2.37. The van der Waals surface area contributed by atoms with E-state index >= 15 is 0 Å². The SMILES string of the molecule is CC[C@]12O[C@@H](C)[C@H](OC1(C)C)[C@@H]2C. The van der Waals surface area contributed by atoms with E-state index in [1.807, 2.05) is 0 Å². The second-order valence-corrected chi connectivity index (χ2v) is 4.95. The summed E-state index contributed by atoms with van der Waals surface area (Å²) < 4.78 is 12.1. The van der Waals surface area contributed by atoms with E-state index in [0.29, 0.717) is 12.0 Å². The monoisotopic (exact) mass is 184 g/mol. The van der Waals surface area contributed by atoms with Gasteiger partial charge in [-0.3, -0.25) is 0 Å². The molecule has 0 N–H and O–H groups in total. The Balaban J connectivity index is 2.39. The second-order valence-electron chi connectivity index (χ2n) is 4.95. The Labute approximate surface area is 80.6 Å². The van der Waals surface area contributed by atoms with Crippen LogP contribution in [0.1, 0.15) is 41.0 Å². The van der Waals surface area contributed by atoms with Gasteiger partial charge in [0, 0.05) is 5.92 Å². The van der Waals surface area contributed by atoms with Crippen molar-refractivity contribution in [2.24, 2.45) is 5.92 Å². The lowest BCUT2D eigenvalue weighted by atomic mass is 9.77. The van der Waals surface area contributed by atoms with Crippen LogP contribution in [0.4, 0.5) is 0 Å². The van der Waals surface area contributed by atoms with Crippen LogP contribution in [0.15, 0.2) is 0 Å². The molecule has 2 saturated heterocycles. The summed E-state index contributed by atoms with van der Waals surface area (Å²) >= 11 is 0. The van der Waals surface area contributed by atoms with Crippen LogP contribution >= 0.6 is 0 Å². The fraction of sp³-hybridized carbons (Fsp3) is 1.00. The van der Waals surface area contributed by atoms with Crippen LogP contribution in [-0.2, 0) is 9.47 Å². The predicted molar refractivity (Wildman–Crippen MR) is 51.7 cm³/mol. The van der Waals surface area contributed by atoms with Crippen molar-refractivity contribution in [3.63, 3.8) is 0 Å². The molecule has 0 unspecified atom stereocenters. The fourth-order valence-corrected chi connectivity index (χ4v) is 3.34. The topological polar surface area (TPSA) is 18.5 Å². The van der Waals surface area contributed by atoms with Crippen LogP contribution in [0.2, 0.25) is 0 Å². The lowest BCUT2D eigenvalue weighted by Crippen LogP contribution is -2.52. The first-order valence-corrected chi connectivity index (χ1v) is 5.30. The molecule has 76 valence electrons. The number of fused-ring (bicyclic) bond motifs is 2. The summed E-state index contributed by atoms with van der Waals surface area (Å²) in [6.07, 6.45) is 1.61. The van der Waals surface area contributed by atoms with E-state index in [2.05, 4.69) is 34.6 Å². The summed E-state index contributed by atoms with van der Waals surface area (Å²) in [4.78, 5) is 0. The van der Waals surface area contributed by atoms with E-state index in [0.717, 1.165) is 6.42 Å². The molecular weight excluding hydrogens is 164 g/mol. The summed E-state index contributed by atoms with van der Waals surface area (Å²) in [5.74, 6) is 0.530. The Hall–Kier alpha value is -0.0800. The molecule has 0 aliphatic carbocycles. The van der Waals surface area contributed by atoms with Gasteiger partial charge in [0.1, 0.15) is 5.60 Å². The zero-order valence-corrected chi connectivity index (χ0v) is 9.26. The van der Waals surface area contributed by atoms with Gasteiger partial charge in [0.15, 0.2) is 0 Å². The highest BCUT2D eigenvalue weighted by Crippen LogP contribution is 2.55. The first-order valence-electron chi connectivity index (χ1n) is 5.30. The highest BCUT2D eigenvalue weighted by Gasteiger charge is 2.66. The number of ether oxygens (including phenoxy) is 2. The van der Waals surface area contributed by atoms with Crippen molar-refractivity contribution < 1.29 is 9.47 Å². The molecule has 2 fully saturated rings. The minimum absolute atomic E-state index is 0.0446. The molecule has 2 nitrogen and oxygen atoms in total. The van der Waals surface area contributed by atoms with Crippen molar-refractivity contribution in [2.75, 3.05) is 0 Å². The van der Waals surface area contributed by atoms with Gasteiger partial charge < -0.3 is 9.47 Å². The molecule has 0 radical (unpaired) electrons. The van der Waals surface area contributed by atoms with Crippen molar-refractivity contribution in [3.8, 4) is 0 Å². The Morgan fingerprint density at radius 2 is 1.77 bits per heavy atom. The van der Waals surface area contributed by atoms with Crippen LogP contribution in [0, 0.1) is 5.92 Å². The smallest absolute Gasteiger partial charge is 0.102 e. The second kappa shape index (κ2) is 2.48. The van der Waals surface area contributed by atoms with Crippen LogP contribution < -0.4 is 0 Å². The zero-order chi connectivity index (χ0) is 9.85. The molecule has 2 aliphatic rings. The van der Waals surface area contributed by atoms with E-state index in [1.165, 1.54) is 0 Å². The number of hydrogen-bond acceptors (Lipinski definition) is 2. The maximum atomic E-state index is 6.10. The van der Waals surface area contributed by atoms with Gasteiger partial charge >= 0.3 is 0 Å². The fourth-order valence-electron chi connectivity index (χ4n) is 3.34. The van der Waals surface area contributed by atoms with Crippen molar-refractivity contribution >= 4 is 0 Å². The first kappa shape index (κ1) is 9.47. The van der Waals surface area contributed by atoms with Crippen LogP contribution in [0.3, 0.4) is 0 Å². The summed E-state index contributed by atoms with van der Waals surface area (Å²) in [5.41, 5.74) is -0.157. The lowest BCUT2D eigenvalue weighted by Gasteiger charge is -2.43. The quantitative estimate of drug-likeness (QED) is 0.623. The molecule has 0 spiro atoms. The molecule has 2 heteroatoms. The maximum Gasteiger partial charge on any atom is 0.102 e. The van der Waals surface area contributed by atoms with E-state index in [4.69, 9.17) is 9.47 Å². The third kappa shape index (κ3) is 0.909. The highest BCUT2D eigenvalue weighted by molar-refractivity contribution is 5.13. The number of hydrogen-bond donors (Lipinski definition) is 0. The Morgan fingerprint density at radius 1 is 1.15 bits per heavy atom. The van der Waals surface area contributed by atoms with Gasteiger partial charge in [-0.2, -0.15) is 0 Å². The average molecular weight is 184 g/mol. The summed E-state index contributed by atoms with van der Waals surface area (Å²) in [6, 6.07) is 0. The molecule has 0 amide bonds. The number of rotatable bonds is 1. The van der Waals surface area contributed by atoms with Crippen LogP contribution in [0.5, 0.6) is 0 Å². The van der Waals surface area contributed by atoms with Crippen molar-refractivity contribution in [1.29, 1.82) is 0 Å². The van der Waals surface area contributed by atoms with E-state index in [1.54, 1.807) is 0 Å². The Kier molecular flexibility index (Phi) is 1.81. The van der Waals surface area contributed by atoms with Gasteiger partial charge in [-0.15, -0.1) is 0 Å². The molecule has 2 heterocycles. The molecule has 0 aromatic rings. The molecule has 13 heavy (non-hydrogen) atoms. The average Bonchev–Trinajstić information content (AvgIpc) is 2.38. The molecule has 0 aromatic carbocycles. The minimum atomic E-state index is -0.113. The normalized spacial score (nSPS) is 52.8. The lowest BCUT2D eigenvalue weighted by molar-refractivity contribution is -0.222. The van der Waals surface area contributed by atoms with Gasteiger partial charge in [0.25, 0.3) is 0 Å². The first-order chi connectivity index (χ1) is 5.94. The van der Waals surface area contributed by atoms with E-state index in [-0.39, 0.29) is 17.3 Å². The molecule has 2 aliphatic heterocycles. The molecule has 2 bridgehead atoms. The molecule has 0 saturated carbocycles. The molecule has 0 aromatic heterocycles. The van der Waals surface area contributed by atoms with Gasteiger partial charge in [-0.1, -0.05) is 13.8 Å². The molecule has 4 atom stereocenters. The molecular formula is C11H20O2. The van der Waals surface area contributed by atoms with Gasteiger partial charge in [0.2, 0.25) is 0 Å². The minimum Gasteiger partial charge on any atom is -0.366 e. The van der Waals surface area contributed by atoms with Gasteiger partial charge in [-0.05, 0) is 27.2 Å². The third-order valence-corrected chi connectivity index (χ3v) is 4.06. The van der Waals surface area contributed by atoms with Crippen molar-refractivity contribution in [3.05, 3.63) is 0 Å². The Morgan fingerprint density at radius 3 is 2.08 bits per heavy atom. The summed E-state index contributed by atoms with van der Waals surface area (Å²) in [6.45, 7) is 10.9. The van der Waals surface area contributed by atoms with Gasteiger partial charge in [-0.25, -0.2) is 0 Å². The highest BCUT2D eigenvalue weighted by atomic mass is 16.6. The molecule has 2 rings (SSSR count). The van der Waals surface area contributed by atoms with Crippen molar-refractivity contribution in [1.82, 2.24) is 0 Å². The maximum absolute atomic E-state index is 6.10. The van der Waals surface area contributed by atoms with Crippen LogP contribution in [0.25, 0.3) is 0 Å². The largest absolute Gasteiger partial charge is 0.366 e. The van der Waals surface area contributed by atoms with Crippen molar-refractivity contribution in [2.45, 2.75) is 64.4 Å². The third-order valence-electron chi connectivity index (χ3n) is 4.06. The Bertz CT molecular complexity index is 224. The van der Waals surface area contributed by atoms with E-state index in [9.17, 15) is 0 Å². The summed E-state index contributed by atoms with van der Waals surface area (Å²) in [5, 5.41) is 0. The zero-order valence-electron chi connectivity index (χ0n) is 9.26. The van der Waals surface area contributed by atoms with Gasteiger partial charge in [0.05, 0.1) is 17.8 Å². The van der Waals surface area contributed by atoms with Crippen LogP contribution in [-0.4, -0.2) is 23.4 Å².